The van der Waals surface area contributed by atoms with E-state index in [1.807, 2.05) is 18.2 Å². The van der Waals surface area contributed by atoms with E-state index in [0.29, 0.717) is 17.5 Å². The van der Waals surface area contributed by atoms with Crippen LogP contribution in [-0.4, -0.2) is 19.5 Å². The van der Waals surface area contributed by atoms with Crippen molar-refractivity contribution < 1.29 is 4.42 Å². The van der Waals surface area contributed by atoms with Crippen molar-refractivity contribution in [3.63, 3.8) is 0 Å². The van der Waals surface area contributed by atoms with Crippen LogP contribution in [0.15, 0.2) is 211 Å². The monoisotopic (exact) mass is 802 g/mol. The Labute approximate surface area is 362 Å². The van der Waals surface area contributed by atoms with Crippen LogP contribution in [0.2, 0.25) is 0 Å². The molecule has 9 aromatic carbocycles. The average Bonchev–Trinajstić information content (AvgIpc) is 4.01. The molecule has 0 bridgehead atoms. The molecule has 3 aromatic heterocycles. The maximum atomic E-state index is 6.63. The second-order valence-electron chi connectivity index (χ2n) is 16.6. The fourth-order valence-corrected chi connectivity index (χ4v) is 11.0. The molecule has 0 amide bonds. The molecule has 1 spiro atoms. The van der Waals surface area contributed by atoms with Crippen molar-refractivity contribution in [1.82, 2.24) is 19.5 Å². The molecule has 0 radical (unpaired) electrons. The molecule has 1 unspecified atom stereocenters. The van der Waals surface area contributed by atoms with Crippen molar-refractivity contribution in [2.45, 2.75) is 5.41 Å². The number of furan rings is 1. The van der Waals surface area contributed by atoms with Gasteiger partial charge >= 0.3 is 0 Å². The number of fused-ring (bicyclic) bond motifs is 15. The molecule has 63 heavy (non-hydrogen) atoms. The molecule has 0 fully saturated rings. The molecule has 1 atom stereocenters. The summed E-state index contributed by atoms with van der Waals surface area (Å²) in [6.45, 7) is 0. The Morgan fingerprint density at radius 2 is 0.921 bits per heavy atom. The van der Waals surface area contributed by atoms with Crippen LogP contribution in [0.25, 0.3) is 106 Å². The SMILES string of the molecule is c1ccc(-c2ccccc2-c2nc(-c3cccc4c3-c3ccccc3C43c4ccccc4-n4c5ccccc5c5cccc3c54)nc(-c3cccc4c3oc3ccccc34)n2)cc1. The highest BCUT2D eigenvalue weighted by molar-refractivity contribution is 6.13. The van der Waals surface area contributed by atoms with Crippen LogP contribution in [-0.2, 0) is 5.41 Å². The Balaban J connectivity index is 1.08. The van der Waals surface area contributed by atoms with E-state index in [-0.39, 0.29) is 0 Å². The summed E-state index contributed by atoms with van der Waals surface area (Å²) in [6.07, 6.45) is 0. The summed E-state index contributed by atoms with van der Waals surface area (Å²) in [5.74, 6) is 1.75. The Kier molecular flexibility index (Phi) is 6.97. The number of benzene rings is 9. The van der Waals surface area contributed by atoms with Gasteiger partial charge in [0.15, 0.2) is 17.5 Å². The molecule has 0 saturated carbocycles. The van der Waals surface area contributed by atoms with Gasteiger partial charge < -0.3 is 8.98 Å². The summed E-state index contributed by atoms with van der Waals surface area (Å²) in [7, 11) is 0. The molecule has 4 heterocycles. The summed E-state index contributed by atoms with van der Waals surface area (Å²) >= 11 is 0. The van der Waals surface area contributed by atoms with Crippen molar-refractivity contribution in [2.24, 2.45) is 0 Å². The number of hydrogen-bond acceptors (Lipinski definition) is 4. The smallest absolute Gasteiger partial charge is 0.167 e. The first-order valence-electron chi connectivity index (χ1n) is 21.5. The number of hydrogen-bond donors (Lipinski definition) is 0. The van der Waals surface area contributed by atoms with Crippen LogP contribution in [0.1, 0.15) is 22.3 Å². The van der Waals surface area contributed by atoms with Gasteiger partial charge in [0.1, 0.15) is 11.2 Å². The van der Waals surface area contributed by atoms with Gasteiger partial charge in [-0.1, -0.05) is 182 Å². The second kappa shape index (κ2) is 12.8. The Hall–Kier alpha value is -8.41. The summed E-state index contributed by atoms with van der Waals surface area (Å²) < 4.78 is 9.11. The van der Waals surface area contributed by atoms with Gasteiger partial charge in [-0.05, 0) is 68.8 Å². The van der Waals surface area contributed by atoms with E-state index >= 15 is 0 Å². The minimum atomic E-state index is -0.610. The van der Waals surface area contributed by atoms with Crippen LogP contribution in [0.3, 0.4) is 0 Å². The first-order valence-corrected chi connectivity index (χ1v) is 21.5. The van der Waals surface area contributed by atoms with Crippen molar-refractivity contribution in [1.29, 1.82) is 0 Å². The second-order valence-corrected chi connectivity index (χ2v) is 16.6. The average molecular weight is 803 g/mol. The van der Waals surface area contributed by atoms with Gasteiger partial charge in [-0.3, -0.25) is 0 Å². The van der Waals surface area contributed by atoms with Gasteiger partial charge in [-0.2, -0.15) is 0 Å². The van der Waals surface area contributed by atoms with Gasteiger partial charge in [0.25, 0.3) is 0 Å². The normalized spacial score (nSPS) is 14.7. The zero-order chi connectivity index (χ0) is 41.2. The van der Waals surface area contributed by atoms with E-state index in [2.05, 4.69) is 193 Å². The molecule has 2 aliphatic rings. The molecule has 0 N–H and O–H groups in total. The lowest BCUT2D eigenvalue weighted by molar-refractivity contribution is 0.669. The van der Waals surface area contributed by atoms with Crippen molar-refractivity contribution >= 4 is 43.7 Å². The lowest BCUT2D eigenvalue weighted by atomic mass is 9.65. The van der Waals surface area contributed by atoms with Crippen LogP contribution < -0.4 is 0 Å². The highest BCUT2D eigenvalue weighted by Crippen LogP contribution is 2.62. The molecule has 1 aliphatic carbocycles. The molecular formula is C58H34N4O. The molecule has 0 saturated heterocycles. The van der Waals surface area contributed by atoms with Gasteiger partial charge in [-0.15, -0.1) is 0 Å². The van der Waals surface area contributed by atoms with Crippen molar-refractivity contribution in [3.05, 3.63) is 229 Å². The van der Waals surface area contributed by atoms with Crippen LogP contribution >= 0.6 is 0 Å². The lowest BCUT2D eigenvalue weighted by Crippen LogP contribution is -2.33. The predicted molar refractivity (Wildman–Crippen MR) is 254 cm³/mol. The number of nitrogens with zero attached hydrogens (tertiary/aromatic N) is 4. The maximum Gasteiger partial charge on any atom is 0.167 e. The Bertz CT molecular complexity index is 3880. The number of rotatable bonds is 4. The number of aromatic nitrogens is 4. The van der Waals surface area contributed by atoms with Gasteiger partial charge in [0.05, 0.1) is 27.7 Å². The molecule has 5 nitrogen and oxygen atoms in total. The predicted octanol–water partition coefficient (Wildman–Crippen LogP) is 14.2. The van der Waals surface area contributed by atoms with Gasteiger partial charge in [0, 0.05) is 32.7 Å². The van der Waals surface area contributed by atoms with E-state index in [9.17, 15) is 0 Å². The summed E-state index contributed by atoms with van der Waals surface area (Å²) in [6, 6.07) is 73.6. The van der Waals surface area contributed by atoms with E-state index in [1.54, 1.807) is 0 Å². The minimum absolute atomic E-state index is 0.554. The standard InChI is InChI=1S/C58H34N4O/c1-2-17-35(18-3-1)36-19-4-5-22-41(36)55-59-56(61-57(60-55)44-27-14-25-40-38-21-8-13-34-51(38)63-54(40)44)43-26-16-30-47-52(43)42-23-6-9-28-45(42)58(47)46-29-10-12-33-50(46)62-49-32-11-7-20-37(49)39-24-15-31-48(58)53(39)62/h1-34H. The molecule has 1 aliphatic heterocycles. The van der Waals surface area contributed by atoms with E-state index < -0.39 is 5.41 Å². The molecule has 12 aromatic rings. The maximum absolute atomic E-state index is 6.63. The summed E-state index contributed by atoms with van der Waals surface area (Å²) in [5, 5.41) is 4.59. The largest absolute Gasteiger partial charge is 0.455 e. The van der Waals surface area contributed by atoms with Gasteiger partial charge in [0.2, 0.25) is 0 Å². The third kappa shape index (κ3) is 4.57. The number of para-hydroxylation sites is 5. The van der Waals surface area contributed by atoms with E-state index in [4.69, 9.17) is 19.4 Å². The van der Waals surface area contributed by atoms with Crippen molar-refractivity contribution in [3.8, 4) is 62.1 Å². The Morgan fingerprint density at radius 3 is 1.79 bits per heavy atom. The molecule has 5 heteroatoms. The van der Waals surface area contributed by atoms with E-state index in [0.717, 1.165) is 55.3 Å². The highest BCUT2D eigenvalue weighted by atomic mass is 16.3. The molecular weight excluding hydrogens is 769 g/mol. The van der Waals surface area contributed by atoms with Gasteiger partial charge in [-0.25, -0.2) is 15.0 Å². The zero-order valence-electron chi connectivity index (χ0n) is 33.8. The van der Waals surface area contributed by atoms with Crippen molar-refractivity contribution in [2.75, 3.05) is 0 Å². The Morgan fingerprint density at radius 1 is 0.365 bits per heavy atom. The third-order valence-corrected chi connectivity index (χ3v) is 13.5. The molecule has 292 valence electrons. The quantitative estimate of drug-likeness (QED) is 0.178. The summed E-state index contributed by atoms with van der Waals surface area (Å²) in [5.41, 5.74) is 16.7. The van der Waals surface area contributed by atoms with Crippen LogP contribution in [0.4, 0.5) is 0 Å². The fraction of sp³-hybridized carbons (Fsp3) is 0.0172. The molecule has 14 rings (SSSR count). The summed E-state index contributed by atoms with van der Waals surface area (Å²) in [4.78, 5) is 16.3. The first kappa shape index (κ1) is 34.3. The topological polar surface area (TPSA) is 56.7 Å². The first-order chi connectivity index (χ1) is 31.3. The van der Waals surface area contributed by atoms with Crippen LogP contribution in [0.5, 0.6) is 0 Å². The lowest BCUT2D eigenvalue weighted by Gasteiger charge is -2.39. The van der Waals surface area contributed by atoms with Crippen LogP contribution in [0, 0.1) is 0 Å². The highest BCUT2D eigenvalue weighted by Gasteiger charge is 2.51. The fourth-order valence-electron chi connectivity index (χ4n) is 11.0. The third-order valence-electron chi connectivity index (χ3n) is 13.5. The van der Waals surface area contributed by atoms with E-state index in [1.165, 1.54) is 55.3 Å². The zero-order valence-corrected chi connectivity index (χ0v) is 33.8. The minimum Gasteiger partial charge on any atom is -0.455 e.